The van der Waals surface area contributed by atoms with E-state index in [1.165, 1.54) is 18.2 Å². The van der Waals surface area contributed by atoms with Crippen molar-refractivity contribution in [3.8, 4) is 0 Å². The summed E-state index contributed by atoms with van der Waals surface area (Å²) >= 11 is 0. The van der Waals surface area contributed by atoms with Crippen molar-refractivity contribution in [3.63, 3.8) is 0 Å². The van der Waals surface area contributed by atoms with Crippen LogP contribution < -0.4 is 11.1 Å². The molecule has 4 heteroatoms. The molecule has 2 nitrogen and oxygen atoms in total. The Hall–Kier alpha value is -1.42. The van der Waals surface area contributed by atoms with Crippen molar-refractivity contribution in [2.24, 2.45) is 0 Å². The number of nitrogens with one attached hydrogen (secondary N) is 1. The van der Waals surface area contributed by atoms with Gasteiger partial charge >= 0.3 is 0 Å². The minimum atomic E-state index is -0.989. The number of anilines is 1. The summed E-state index contributed by atoms with van der Waals surface area (Å²) in [4.78, 5) is 0. The average molecular weight is 198 g/mol. The molecule has 1 rings (SSSR count). The van der Waals surface area contributed by atoms with Crippen LogP contribution in [-0.2, 0) is 0 Å². The zero-order valence-electron chi connectivity index (χ0n) is 7.85. The third kappa shape index (κ3) is 2.29. The van der Waals surface area contributed by atoms with E-state index in [-0.39, 0.29) is 11.3 Å². The summed E-state index contributed by atoms with van der Waals surface area (Å²) in [6.45, 7) is 0.603. The SMILES string of the molecule is CNCC=Cc1ccc(N)c(F)c1F. The van der Waals surface area contributed by atoms with Crippen LogP contribution in [0.4, 0.5) is 14.5 Å². The maximum atomic E-state index is 13.2. The van der Waals surface area contributed by atoms with Crippen molar-refractivity contribution in [3.05, 3.63) is 35.4 Å². The smallest absolute Gasteiger partial charge is 0.182 e. The molecule has 1 aromatic carbocycles. The lowest BCUT2D eigenvalue weighted by Crippen LogP contribution is -2.04. The average Bonchev–Trinajstić information content (AvgIpc) is 2.18. The van der Waals surface area contributed by atoms with E-state index in [2.05, 4.69) is 5.32 Å². The standard InChI is InChI=1S/C10H12F2N2/c1-14-6-2-3-7-4-5-8(13)10(12)9(7)11/h2-5,14H,6,13H2,1H3. The van der Waals surface area contributed by atoms with E-state index < -0.39 is 11.6 Å². The highest BCUT2D eigenvalue weighted by Gasteiger charge is 2.08. The number of benzene rings is 1. The van der Waals surface area contributed by atoms with Crippen LogP contribution in [0, 0.1) is 11.6 Å². The van der Waals surface area contributed by atoms with Gasteiger partial charge in [-0.1, -0.05) is 12.2 Å². The van der Waals surface area contributed by atoms with Crippen molar-refractivity contribution in [1.82, 2.24) is 5.32 Å². The molecule has 0 spiro atoms. The number of halogens is 2. The molecule has 0 atom stereocenters. The molecule has 0 saturated heterocycles. The van der Waals surface area contributed by atoms with Crippen LogP contribution >= 0.6 is 0 Å². The molecule has 0 aliphatic carbocycles. The second kappa shape index (κ2) is 4.72. The van der Waals surface area contributed by atoms with E-state index in [0.717, 1.165) is 0 Å². The van der Waals surface area contributed by atoms with Gasteiger partial charge in [-0.25, -0.2) is 8.78 Å². The Morgan fingerprint density at radius 2 is 2.07 bits per heavy atom. The van der Waals surface area contributed by atoms with Crippen molar-refractivity contribution in [1.29, 1.82) is 0 Å². The maximum absolute atomic E-state index is 13.2. The number of hydrogen-bond donors (Lipinski definition) is 2. The van der Waals surface area contributed by atoms with Crippen LogP contribution in [0.15, 0.2) is 18.2 Å². The van der Waals surface area contributed by atoms with Crippen LogP contribution in [0.25, 0.3) is 6.08 Å². The molecule has 0 heterocycles. The molecule has 0 radical (unpaired) electrons. The Labute approximate surface area is 81.4 Å². The Morgan fingerprint density at radius 3 is 2.71 bits per heavy atom. The van der Waals surface area contributed by atoms with Gasteiger partial charge in [0.25, 0.3) is 0 Å². The van der Waals surface area contributed by atoms with E-state index >= 15 is 0 Å². The fourth-order valence-electron chi connectivity index (χ4n) is 1.01. The number of likely N-dealkylation sites (N-methyl/N-ethyl adjacent to an activating group) is 1. The first-order chi connectivity index (χ1) is 6.66. The number of rotatable bonds is 3. The first kappa shape index (κ1) is 10.7. The fourth-order valence-corrected chi connectivity index (χ4v) is 1.01. The van der Waals surface area contributed by atoms with Crippen LogP contribution in [0.1, 0.15) is 5.56 Å². The molecular weight excluding hydrogens is 186 g/mol. The van der Waals surface area contributed by atoms with Gasteiger partial charge in [0.2, 0.25) is 0 Å². The molecule has 0 fully saturated rings. The number of nitrogen functional groups attached to an aromatic ring is 1. The van der Waals surface area contributed by atoms with E-state index in [1.54, 1.807) is 13.1 Å². The molecule has 76 valence electrons. The van der Waals surface area contributed by atoms with Gasteiger partial charge < -0.3 is 11.1 Å². The Kier molecular flexibility index (Phi) is 3.59. The van der Waals surface area contributed by atoms with Crippen molar-refractivity contribution < 1.29 is 8.78 Å². The first-order valence-electron chi connectivity index (χ1n) is 4.21. The summed E-state index contributed by atoms with van der Waals surface area (Å²) < 4.78 is 26.1. The van der Waals surface area contributed by atoms with E-state index in [4.69, 9.17) is 5.73 Å². The molecule has 0 aliphatic rings. The summed E-state index contributed by atoms with van der Waals surface area (Å²) in [6, 6.07) is 2.79. The summed E-state index contributed by atoms with van der Waals surface area (Å²) in [5.41, 5.74) is 5.22. The largest absolute Gasteiger partial charge is 0.396 e. The van der Waals surface area contributed by atoms with Gasteiger partial charge in [0.15, 0.2) is 11.6 Å². The second-order valence-corrected chi connectivity index (χ2v) is 2.83. The van der Waals surface area contributed by atoms with Gasteiger partial charge in [0.1, 0.15) is 0 Å². The summed E-state index contributed by atoms with van der Waals surface area (Å²) in [5, 5.41) is 2.86. The summed E-state index contributed by atoms with van der Waals surface area (Å²) in [6.07, 6.45) is 3.21. The third-order valence-corrected chi connectivity index (χ3v) is 1.76. The lowest BCUT2D eigenvalue weighted by molar-refractivity contribution is 0.510. The Bertz CT molecular complexity index is 348. The predicted molar refractivity (Wildman–Crippen MR) is 53.7 cm³/mol. The normalized spacial score (nSPS) is 11.1. The highest BCUT2D eigenvalue weighted by Crippen LogP contribution is 2.18. The van der Waals surface area contributed by atoms with Crippen LogP contribution in [0.3, 0.4) is 0 Å². The van der Waals surface area contributed by atoms with Crippen LogP contribution in [-0.4, -0.2) is 13.6 Å². The Balaban J connectivity index is 2.94. The zero-order valence-corrected chi connectivity index (χ0v) is 7.85. The third-order valence-electron chi connectivity index (χ3n) is 1.76. The highest BCUT2D eigenvalue weighted by molar-refractivity contribution is 5.55. The minimum absolute atomic E-state index is 0.173. The highest BCUT2D eigenvalue weighted by atomic mass is 19.2. The molecule has 0 unspecified atom stereocenters. The second-order valence-electron chi connectivity index (χ2n) is 2.83. The van der Waals surface area contributed by atoms with Gasteiger partial charge in [-0.3, -0.25) is 0 Å². The molecule has 0 aromatic heterocycles. The predicted octanol–water partition coefficient (Wildman–Crippen LogP) is 1.78. The lowest BCUT2D eigenvalue weighted by atomic mass is 10.1. The van der Waals surface area contributed by atoms with Gasteiger partial charge in [-0.15, -0.1) is 0 Å². The number of nitrogens with two attached hydrogens (primary N) is 1. The molecule has 1 aromatic rings. The maximum Gasteiger partial charge on any atom is 0.182 e. The summed E-state index contributed by atoms with van der Waals surface area (Å²) in [5.74, 6) is -1.89. The molecule has 3 N–H and O–H groups in total. The fraction of sp³-hybridized carbons (Fsp3) is 0.200. The molecule has 0 amide bonds. The minimum Gasteiger partial charge on any atom is -0.396 e. The molecule has 14 heavy (non-hydrogen) atoms. The van der Waals surface area contributed by atoms with E-state index in [1.807, 2.05) is 0 Å². The van der Waals surface area contributed by atoms with Crippen molar-refractivity contribution in [2.45, 2.75) is 0 Å². The lowest BCUT2D eigenvalue weighted by Gasteiger charge is -2.01. The van der Waals surface area contributed by atoms with E-state index in [9.17, 15) is 8.78 Å². The van der Waals surface area contributed by atoms with Gasteiger partial charge in [0.05, 0.1) is 5.69 Å². The summed E-state index contributed by atoms with van der Waals surface area (Å²) in [7, 11) is 1.77. The zero-order chi connectivity index (χ0) is 10.6. The van der Waals surface area contributed by atoms with Gasteiger partial charge in [0, 0.05) is 12.1 Å². The van der Waals surface area contributed by atoms with Crippen LogP contribution in [0.2, 0.25) is 0 Å². The number of hydrogen-bond acceptors (Lipinski definition) is 2. The van der Waals surface area contributed by atoms with Crippen LogP contribution in [0.5, 0.6) is 0 Å². The molecular formula is C10H12F2N2. The molecule has 0 saturated carbocycles. The molecule has 0 bridgehead atoms. The quantitative estimate of drug-likeness (QED) is 0.726. The monoisotopic (exact) mass is 198 g/mol. The van der Waals surface area contributed by atoms with E-state index in [0.29, 0.717) is 6.54 Å². The van der Waals surface area contributed by atoms with Crippen molar-refractivity contribution in [2.75, 3.05) is 19.3 Å². The topological polar surface area (TPSA) is 38.0 Å². The first-order valence-corrected chi connectivity index (χ1v) is 4.21. The molecule has 0 aliphatic heterocycles. The van der Waals surface area contributed by atoms with Gasteiger partial charge in [-0.2, -0.15) is 0 Å². The van der Waals surface area contributed by atoms with Gasteiger partial charge in [-0.05, 0) is 19.2 Å². The Morgan fingerprint density at radius 1 is 1.36 bits per heavy atom. The van der Waals surface area contributed by atoms with Crippen molar-refractivity contribution >= 4 is 11.8 Å².